The van der Waals surface area contributed by atoms with Gasteiger partial charge >= 0.3 is 0 Å². The molecule has 2 atom stereocenters. The molecule has 1 aromatic carbocycles. The minimum atomic E-state index is -0.844. The summed E-state index contributed by atoms with van der Waals surface area (Å²) in [6.07, 6.45) is 3.79. The second-order valence-corrected chi connectivity index (χ2v) is 6.45. The highest BCUT2D eigenvalue weighted by atomic mass is 16.2. The molecular formula is C18H23N5O3. The van der Waals surface area contributed by atoms with E-state index in [2.05, 4.69) is 20.9 Å². The van der Waals surface area contributed by atoms with E-state index in [1.165, 1.54) is 0 Å². The Hall–Kier alpha value is -2.87. The average Bonchev–Trinajstić information content (AvgIpc) is 3.29. The normalized spacial score (nSPS) is 17.8. The summed E-state index contributed by atoms with van der Waals surface area (Å²) in [6.45, 7) is 0.618. The van der Waals surface area contributed by atoms with E-state index in [0.29, 0.717) is 0 Å². The van der Waals surface area contributed by atoms with E-state index in [0.717, 1.165) is 35.9 Å². The van der Waals surface area contributed by atoms with Crippen LogP contribution in [0.5, 0.6) is 0 Å². The van der Waals surface area contributed by atoms with Crippen LogP contribution >= 0.6 is 0 Å². The quantitative estimate of drug-likeness (QED) is 0.459. The third kappa shape index (κ3) is 4.20. The van der Waals surface area contributed by atoms with Gasteiger partial charge in [0.1, 0.15) is 6.04 Å². The van der Waals surface area contributed by atoms with Crippen LogP contribution in [0.3, 0.4) is 0 Å². The van der Waals surface area contributed by atoms with Crippen molar-refractivity contribution in [2.24, 2.45) is 5.73 Å². The van der Waals surface area contributed by atoms with Crippen LogP contribution in [0.25, 0.3) is 10.9 Å². The Labute approximate surface area is 150 Å². The van der Waals surface area contributed by atoms with Crippen LogP contribution in [0, 0.1) is 0 Å². The number of aromatic amines is 1. The Balaban J connectivity index is 1.57. The lowest BCUT2D eigenvalue weighted by Gasteiger charge is -2.16. The van der Waals surface area contributed by atoms with Crippen LogP contribution in [0.15, 0.2) is 30.5 Å². The first-order valence-corrected chi connectivity index (χ1v) is 8.69. The zero-order chi connectivity index (χ0) is 18.5. The number of primary amides is 1. The molecule has 0 aliphatic carbocycles. The Morgan fingerprint density at radius 1 is 1.27 bits per heavy atom. The molecule has 1 aliphatic heterocycles. The van der Waals surface area contributed by atoms with Crippen LogP contribution < -0.4 is 21.7 Å². The van der Waals surface area contributed by atoms with Crippen molar-refractivity contribution in [2.45, 2.75) is 31.3 Å². The molecule has 2 heterocycles. The Morgan fingerprint density at radius 3 is 2.81 bits per heavy atom. The molecule has 138 valence electrons. The Bertz CT molecular complexity index is 810. The van der Waals surface area contributed by atoms with Gasteiger partial charge in [-0.2, -0.15) is 0 Å². The van der Waals surface area contributed by atoms with Crippen molar-refractivity contribution < 1.29 is 14.4 Å². The van der Waals surface area contributed by atoms with Crippen LogP contribution in [0.1, 0.15) is 18.4 Å². The monoisotopic (exact) mass is 357 g/mol. The second-order valence-electron chi connectivity index (χ2n) is 6.45. The molecule has 1 aromatic heterocycles. The molecule has 1 aliphatic rings. The highest BCUT2D eigenvalue weighted by Crippen LogP contribution is 2.19. The van der Waals surface area contributed by atoms with Gasteiger partial charge in [-0.1, -0.05) is 18.2 Å². The molecule has 0 saturated carbocycles. The fourth-order valence-corrected chi connectivity index (χ4v) is 3.19. The fourth-order valence-electron chi connectivity index (χ4n) is 3.19. The van der Waals surface area contributed by atoms with Crippen LogP contribution in [0.2, 0.25) is 0 Å². The lowest BCUT2D eigenvalue weighted by atomic mass is 10.0. The molecule has 8 heteroatoms. The standard InChI is InChI=1S/C18H23N5O3/c19-17(25)15(8-11-9-21-13-5-2-1-4-12(11)13)23-16(24)10-22-18(26)14-6-3-7-20-14/h1-2,4-5,9,14-15,20-21H,3,6-8,10H2,(H2,19,25)(H,22,26)(H,23,24)/t14-,15-/m0/s1. The van der Waals surface area contributed by atoms with Gasteiger partial charge in [-0.25, -0.2) is 0 Å². The Morgan fingerprint density at radius 2 is 2.08 bits per heavy atom. The first-order chi connectivity index (χ1) is 12.5. The van der Waals surface area contributed by atoms with Crippen LogP contribution in [-0.4, -0.2) is 47.9 Å². The molecule has 1 saturated heterocycles. The van der Waals surface area contributed by atoms with Crippen LogP contribution in [-0.2, 0) is 20.8 Å². The lowest BCUT2D eigenvalue weighted by Crippen LogP contribution is -2.50. The molecule has 8 nitrogen and oxygen atoms in total. The van der Waals surface area contributed by atoms with Crippen molar-refractivity contribution in [1.29, 1.82) is 0 Å². The number of nitrogens with two attached hydrogens (primary N) is 1. The van der Waals surface area contributed by atoms with E-state index in [1.807, 2.05) is 24.3 Å². The molecule has 26 heavy (non-hydrogen) atoms. The first kappa shape index (κ1) is 17.9. The van der Waals surface area contributed by atoms with Gasteiger partial charge in [0.15, 0.2) is 0 Å². The van der Waals surface area contributed by atoms with Gasteiger partial charge in [-0.05, 0) is 31.0 Å². The molecule has 1 fully saturated rings. The number of fused-ring (bicyclic) bond motifs is 1. The summed E-state index contributed by atoms with van der Waals surface area (Å²) in [6, 6.07) is 6.60. The number of hydrogen-bond acceptors (Lipinski definition) is 4. The number of carbonyl (C=O) groups is 3. The van der Waals surface area contributed by atoms with Gasteiger partial charge in [0.05, 0.1) is 12.6 Å². The van der Waals surface area contributed by atoms with E-state index in [-0.39, 0.29) is 24.9 Å². The maximum atomic E-state index is 12.1. The van der Waals surface area contributed by atoms with Gasteiger partial charge in [0.2, 0.25) is 17.7 Å². The first-order valence-electron chi connectivity index (χ1n) is 8.69. The van der Waals surface area contributed by atoms with E-state index < -0.39 is 17.9 Å². The molecule has 3 rings (SSSR count). The number of carbonyl (C=O) groups excluding carboxylic acids is 3. The number of rotatable bonds is 7. The zero-order valence-electron chi connectivity index (χ0n) is 14.4. The predicted octanol–water partition coefficient (Wildman–Crippen LogP) is -0.451. The minimum absolute atomic E-state index is 0.186. The number of aromatic nitrogens is 1. The fraction of sp³-hybridized carbons (Fsp3) is 0.389. The van der Waals surface area contributed by atoms with Crippen molar-refractivity contribution in [1.82, 2.24) is 20.9 Å². The van der Waals surface area contributed by atoms with Crippen molar-refractivity contribution >= 4 is 28.6 Å². The summed E-state index contributed by atoms with van der Waals surface area (Å²) in [5.41, 5.74) is 7.28. The van der Waals surface area contributed by atoms with Crippen molar-refractivity contribution in [2.75, 3.05) is 13.1 Å². The number of amides is 3. The van der Waals surface area contributed by atoms with Gasteiger partial charge in [-0.3, -0.25) is 14.4 Å². The van der Waals surface area contributed by atoms with Crippen molar-refractivity contribution in [3.8, 4) is 0 Å². The number of nitrogens with one attached hydrogen (secondary N) is 4. The van der Waals surface area contributed by atoms with Crippen LogP contribution in [0.4, 0.5) is 0 Å². The summed E-state index contributed by atoms with van der Waals surface area (Å²) in [4.78, 5) is 38.9. The summed E-state index contributed by atoms with van der Waals surface area (Å²) in [7, 11) is 0. The maximum Gasteiger partial charge on any atom is 0.240 e. The average molecular weight is 357 g/mol. The summed E-state index contributed by atoms with van der Waals surface area (Å²) in [5.74, 6) is -1.27. The maximum absolute atomic E-state index is 12.1. The van der Waals surface area contributed by atoms with Crippen molar-refractivity contribution in [3.63, 3.8) is 0 Å². The molecule has 0 spiro atoms. The van der Waals surface area contributed by atoms with Gasteiger partial charge in [-0.15, -0.1) is 0 Å². The summed E-state index contributed by atoms with van der Waals surface area (Å²) in [5, 5.41) is 9.23. The highest BCUT2D eigenvalue weighted by molar-refractivity contribution is 5.91. The van der Waals surface area contributed by atoms with Crippen molar-refractivity contribution in [3.05, 3.63) is 36.0 Å². The Kier molecular flexibility index (Phi) is 5.52. The van der Waals surface area contributed by atoms with E-state index in [1.54, 1.807) is 6.20 Å². The summed E-state index contributed by atoms with van der Waals surface area (Å²) < 4.78 is 0. The smallest absolute Gasteiger partial charge is 0.240 e. The number of para-hydroxylation sites is 1. The number of benzene rings is 1. The lowest BCUT2D eigenvalue weighted by molar-refractivity contribution is -0.129. The van der Waals surface area contributed by atoms with E-state index >= 15 is 0 Å². The highest BCUT2D eigenvalue weighted by Gasteiger charge is 2.24. The van der Waals surface area contributed by atoms with E-state index in [4.69, 9.17) is 5.73 Å². The van der Waals surface area contributed by atoms with E-state index in [9.17, 15) is 14.4 Å². The molecule has 0 radical (unpaired) electrons. The molecule has 0 unspecified atom stereocenters. The molecule has 3 amide bonds. The van der Waals surface area contributed by atoms with Gasteiger partial charge in [0.25, 0.3) is 0 Å². The second kappa shape index (κ2) is 8.01. The number of hydrogen-bond donors (Lipinski definition) is 5. The largest absolute Gasteiger partial charge is 0.368 e. The van der Waals surface area contributed by atoms with Gasteiger partial charge < -0.3 is 26.7 Å². The molecular weight excluding hydrogens is 334 g/mol. The third-order valence-corrected chi connectivity index (χ3v) is 4.58. The predicted molar refractivity (Wildman–Crippen MR) is 97.2 cm³/mol. The van der Waals surface area contributed by atoms with Gasteiger partial charge in [0, 0.05) is 23.5 Å². The third-order valence-electron chi connectivity index (χ3n) is 4.58. The number of H-pyrrole nitrogens is 1. The topological polar surface area (TPSA) is 129 Å². The SMILES string of the molecule is NC(=O)[C@H](Cc1c[nH]c2ccccc12)NC(=O)CNC(=O)[C@@H]1CCCN1. The minimum Gasteiger partial charge on any atom is -0.368 e. The summed E-state index contributed by atoms with van der Waals surface area (Å²) >= 11 is 0. The molecule has 6 N–H and O–H groups in total. The zero-order valence-corrected chi connectivity index (χ0v) is 14.4. The molecule has 0 bridgehead atoms. The molecule has 2 aromatic rings.